The molecule has 6 rings (SSSR count). The van der Waals surface area contributed by atoms with Gasteiger partial charge in [-0.2, -0.15) is 0 Å². The highest BCUT2D eigenvalue weighted by molar-refractivity contribution is 5.75. The smallest absolute Gasteiger partial charge is 0.310 e. The lowest BCUT2D eigenvalue weighted by Crippen LogP contribution is -2.51. The molecule has 0 aromatic heterocycles. The first kappa shape index (κ1) is 27.3. The average molecular weight is 543 g/mol. The number of carbonyl (C=O) groups is 1. The Balaban J connectivity index is 1.19. The van der Waals surface area contributed by atoms with E-state index in [-0.39, 0.29) is 34.9 Å². The van der Waals surface area contributed by atoms with E-state index in [1.165, 1.54) is 19.3 Å². The number of carbonyl (C=O) groups excluding carboxylic acids is 1. The Kier molecular flexibility index (Phi) is 7.83. The molecule has 0 radical (unpaired) electrons. The maximum atomic E-state index is 13.4. The first-order valence-corrected chi connectivity index (χ1v) is 15.0. The Labute approximate surface area is 233 Å². The molecule has 5 fully saturated rings. The summed E-state index contributed by atoms with van der Waals surface area (Å²) in [4.78, 5) is 18.3. The number of hydrogen-bond donors (Lipinski definition) is 0. The molecule has 1 aromatic rings. The summed E-state index contributed by atoms with van der Waals surface area (Å²) >= 11 is 0. The summed E-state index contributed by atoms with van der Waals surface area (Å²) < 4.78 is 29.1. The predicted octanol–water partition coefficient (Wildman–Crippen LogP) is 3.76. The van der Waals surface area contributed by atoms with Gasteiger partial charge in [-0.1, -0.05) is 19.1 Å². The molecular formula is C31H46N2O6. The molecule has 1 spiro atoms. The van der Waals surface area contributed by atoms with Crippen LogP contribution >= 0.6 is 0 Å². The molecule has 8 heteroatoms. The van der Waals surface area contributed by atoms with Gasteiger partial charge in [-0.15, -0.1) is 0 Å². The molecule has 2 aliphatic carbocycles. The maximum absolute atomic E-state index is 13.4. The van der Waals surface area contributed by atoms with E-state index in [2.05, 4.69) is 22.8 Å². The van der Waals surface area contributed by atoms with Crippen LogP contribution in [0.4, 0.5) is 0 Å². The van der Waals surface area contributed by atoms with Crippen molar-refractivity contribution in [2.24, 2.45) is 23.2 Å². The Morgan fingerprint density at radius 1 is 1.15 bits per heavy atom. The van der Waals surface area contributed by atoms with Gasteiger partial charge in [-0.3, -0.25) is 14.6 Å². The van der Waals surface area contributed by atoms with Crippen molar-refractivity contribution in [2.75, 3.05) is 66.8 Å². The molecule has 5 aliphatic rings. The average Bonchev–Trinajstić information content (AvgIpc) is 3.64. The summed E-state index contributed by atoms with van der Waals surface area (Å²) in [7, 11) is 3.37. The minimum Gasteiger partial charge on any atom is -0.493 e. The van der Waals surface area contributed by atoms with Crippen LogP contribution in [-0.2, 0) is 25.5 Å². The number of methoxy groups -OCH3 is 2. The molecule has 8 nitrogen and oxygen atoms in total. The molecule has 216 valence electrons. The van der Waals surface area contributed by atoms with Crippen molar-refractivity contribution in [3.63, 3.8) is 0 Å². The number of hydrogen-bond acceptors (Lipinski definition) is 8. The lowest BCUT2D eigenvalue weighted by atomic mass is 9.53. The summed E-state index contributed by atoms with van der Waals surface area (Å²) in [5, 5.41) is 0. The van der Waals surface area contributed by atoms with Gasteiger partial charge in [-0.25, -0.2) is 0 Å². The molecule has 0 N–H and O–H groups in total. The predicted molar refractivity (Wildman–Crippen MR) is 147 cm³/mol. The zero-order valence-corrected chi connectivity index (χ0v) is 24.0. The molecule has 0 bridgehead atoms. The lowest BCUT2D eigenvalue weighted by Gasteiger charge is -2.51. The van der Waals surface area contributed by atoms with Gasteiger partial charge in [0.2, 0.25) is 0 Å². The zero-order valence-electron chi connectivity index (χ0n) is 24.0. The van der Waals surface area contributed by atoms with Crippen molar-refractivity contribution in [2.45, 2.75) is 63.7 Å². The number of rotatable bonds is 10. The molecule has 39 heavy (non-hydrogen) atoms. The largest absolute Gasteiger partial charge is 0.493 e. The standard InChI is InChI=1S/C31H46N2O6/c1-30-9-5-10-31(21-38-31)27(30)17-23-24(29(34)39-26(23)18-30)20-33(12-6-11-32-13-15-37-16-14-32)19-22-7-4-8-25(35-2)28(22)36-3/h4,7-8,23-24,26-27H,5-6,9-21H2,1-3H3/t23-,24+,26-,27-,30-,31-/m1/s1. The third-order valence-corrected chi connectivity index (χ3v) is 10.5. The van der Waals surface area contributed by atoms with Gasteiger partial charge in [0.05, 0.1) is 45.6 Å². The van der Waals surface area contributed by atoms with Crippen LogP contribution in [0.25, 0.3) is 0 Å². The first-order valence-electron chi connectivity index (χ1n) is 15.0. The maximum Gasteiger partial charge on any atom is 0.310 e. The van der Waals surface area contributed by atoms with Crippen molar-refractivity contribution >= 4 is 5.97 Å². The third-order valence-electron chi connectivity index (χ3n) is 10.5. The van der Waals surface area contributed by atoms with Crippen LogP contribution in [0.15, 0.2) is 18.2 Å². The molecule has 3 heterocycles. The van der Waals surface area contributed by atoms with Crippen LogP contribution in [0.1, 0.15) is 51.0 Å². The fourth-order valence-corrected chi connectivity index (χ4v) is 8.34. The highest BCUT2D eigenvalue weighted by atomic mass is 16.6. The summed E-state index contributed by atoms with van der Waals surface area (Å²) in [5.74, 6) is 2.20. The van der Waals surface area contributed by atoms with E-state index < -0.39 is 0 Å². The van der Waals surface area contributed by atoms with E-state index in [1.807, 2.05) is 12.1 Å². The van der Waals surface area contributed by atoms with Crippen LogP contribution in [0.2, 0.25) is 0 Å². The minimum atomic E-state index is -0.0998. The Hall–Kier alpha value is -1.87. The van der Waals surface area contributed by atoms with E-state index in [1.54, 1.807) is 14.2 Å². The second kappa shape index (κ2) is 11.2. The van der Waals surface area contributed by atoms with Crippen LogP contribution in [0, 0.1) is 23.2 Å². The SMILES string of the molecule is COc1cccc(CN(CCCN2CCOCC2)C[C@@H]2C(=O)O[C@@H]3C[C@@]4(C)CCC[C@@]5(CO5)[C@@H]4C[C@H]23)c1OC. The molecule has 1 aromatic carbocycles. The number of esters is 1. The second-order valence-electron chi connectivity index (χ2n) is 12.8. The van der Waals surface area contributed by atoms with Crippen LogP contribution < -0.4 is 9.47 Å². The van der Waals surface area contributed by atoms with Gasteiger partial charge < -0.3 is 23.7 Å². The molecule has 2 saturated carbocycles. The normalized spacial score (nSPS) is 35.9. The minimum absolute atomic E-state index is 0.00574. The third kappa shape index (κ3) is 5.42. The summed E-state index contributed by atoms with van der Waals surface area (Å²) in [6.07, 6.45) is 6.73. The van der Waals surface area contributed by atoms with Gasteiger partial charge in [0, 0.05) is 37.7 Å². The van der Waals surface area contributed by atoms with Crippen molar-refractivity contribution in [3.8, 4) is 11.5 Å². The number of ether oxygens (including phenoxy) is 5. The molecule has 3 aliphatic heterocycles. The number of benzene rings is 1. The van der Waals surface area contributed by atoms with E-state index in [4.69, 9.17) is 23.7 Å². The molecule has 6 atom stereocenters. The lowest BCUT2D eigenvalue weighted by molar-refractivity contribution is -0.147. The molecule has 0 amide bonds. The van der Waals surface area contributed by atoms with Gasteiger partial charge in [0.15, 0.2) is 11.5 Å². The Bertz CT molecular complexity index is 1020. The van der Waals surface area contributed by atoms with E-state index >= 15 is 0 Å². The number of fused-ring (bicyclic) bond motifs is 3. The number of epoxide rings is 1. The Morgan fingerprint density at radius 3 is 2.72 bits per heavy atom. The van der Waals surface area contributed by atoms with Gasteiger partial charge in [-0.05, 0) is 69.0 Å². The number of para-hydroxylation sites is 1. The van der Waals surface area contributed by atoms with Crippen LogP contribution in [0.5, 0.6) is 11.5 Å². The number of nitrogens with zero attached hydrogens (tertiary/aromatic N) is 2. The summed E-state index contributed by atoms with van der Waals surface area (Å²) in [6, 6.07) is 6.06. The summed E-state index contributed by atoms with van der Waals surface area (Å²) in [5.41, 5.74) is 1.37. The number of morpholine rings is 1. The van der Waals surface area contributed by atoms with Gasteiger partial charge in [0.25, 0.3) is 0 Å². The fraction of sp³-hybridized carbons (Fsp3) is 0.774. The van der Waals surface area contributed by atoms with Crippen molar-refractivity contribution in [3.05, 3.63) is 23.8 Å². The molecular weight excluding hydrogens is 496 g/mol. The van der Waals surface area contributed by atoms with E-state index in [0.717, 1.165) is 82.3 Å². The highest BCUT2D eigenvalue weighted by Crippen LogP contribution is 2.62. The van der Waals surface area contributed by atoms with Crippen molar-refractivity contribution in [1.82, 2.24) is 9.80 Å². The van der Waals surface area contributed by atoms with Gasteiger partial charge >= 0.3 is 5.97 Å². The molecule has 0 unspecified atom stereocenters. The van der Waals surface area contributed by atoms with Crippen molar-refractivity contribution in [1.29, 1.82) is 0 Å². The molecule has 3 saturated heterocycles. The first-order chi connectivity index (χ1) is 18.9. The van der Waals surface area contributed by atoms with E-state index in [0.29, 0.717) is 19.0 Å². The highest BCUT2D eigenvalue weighted by Gasteiger charge is 2.65. The van der Waals surface area contributed by atoms with E-state index in [9.17, 15) is 4.79 Å². The quantitative estimate of drug-likeness (QED) is 0.327. The van der Waals surface area contributed by atoms with Crippen LogP contribution in [0.3, 0.4) is 0 Å². The Morgan fingerprint density at radius 2 is 1.97 bits per heavy atom. The van der Waals surface area contributed by atoms with Crippen molar-refractivity contribution < 1.29 is 28.5 Å². The fourth-order valence-electron chi connectivity index (χ4n) is 8.34. The van der Waals surface area contributed by atoms with Gasteiger partial charge in [0.1, 0.15) is 6.10 Å². The zero-order chi connectivity index (χ0) is 27.0. The second-order valence-corrected chi connectivity index (χ2v) is 12.8. The van der Waals surface area contributed by atoms with Crippen LogP contribution in [-0.4, -0.2) is 94.2 Å². The monoisotopic (exact) mass is 542 g/mol. The summed E-state index contributed by atoms with van der Waals surface area (Å²) in [6.45, 7) is 10.3. The topological polar surface area (TPSA) is 73.0 Å².